The standard InChI is InChI=1S/C22H25N3O3/c1-15-10-11-20(24-23-15)21(26)17-12-18-8-5-9-19(13-17)25(18)22(27)28-14-16-6-3-2-4-7-16/h2-4,6-7,10-11,17-19H,5,8-9,12-14H2,1H3. The van der Waals surface area contributed by atoms with Gasteiger partial charge in [0, 0.05) is 18.0 Å². The fourth-order valence-electron chi connectivity index (χ4n) is 4.43. The minimum Gasteiger partial charge on any atom is -0.445 e. The van der Waals surface area contributed by atoms with Crippen molar-refractivity contribution in [1.29, 1.82) is 0 Å². The van der Waals surface area contributed by atoms with Crippen LogP contribution < -0.4 is 0 Å². The van der Waals surface area contributed by atoms with E-state index in [0.717, 1.165) is 30.5 Å². The number of Topliss-reactive ketones (excluding diaryl/α,β-unsaturated/α-hetero) is 1. The Morgan fingerprint density at radius 2 is 1.75 bits per heavy atom. The van der Waals surface area contributed by atoms with E-state index < -0.39 is 0 Å². The predicted molar refractivity (Wildman–Crippen MR) is 104 cm³/mol. The van der Waals surface area contributed by atoms with E-state index >= 15 is 0 Å². The van der Waals surface area contributed by atoms with E-state index in [9.17, 15) is 9.59 Å². The van der Waals surface area contributed by atoms with Crippen LogP contribution in [0.4, 0.5) is 4.79 Å². The summed E-state index contributed by atoms with van der Waals surface area (Å²) in [5.74, 6) is -0.0628. The molecular weight excluding hydrogens is 354 g/mol. The number of ether oxygens (including phenoxy) is 1. The molecule has 0 N–H and O–H groups in total. The SMILES string of the molecule is Cc1ccc(C(=O)C2CC3CCCC(C2)N3C(=O)OCc2ccccc2)nn1. The molecule has 2 aliphatic rings. The van der Waals surface area contributed by atoms with Gasteiger partial charge in [-0.1, -0.05) is 30.3 Å². The molecule has 1 aromatic heterocycles. The van der Waals surface area contributed by atoms with E-state index in [1.54, 1.807) is 6.07 Å². The van der Waals surface area contributed by atoms with Crippen molar-refractivity contribution in [3.05, 3.63) is 59.4 Å². The second-order valence-corrected chi connectivity index (χ2v) is 7.78. The minimum atomic E-state index is -0.264. The lowest BCUT2D eigenvalue weighted by Gasteiger charge is -2.47. The van der Waals surface area contributed by atoms with Crippen LogP contribution >= 0.6 is 0 Å². The lowest BCUT2D eigenvalue weighted by atomic mass is 9.76. The van der Waals surface area contributed by atoms with Crippen molar-refractivity contribution < 1.29 is 14.3 Å². The Morgan fingerprint density at radius 1 is 1.04 bits per heavy atom. The second-order valence-electron chi connectivity index (χ2n) is 7.78. The number of nitrogens with zero attached hydrogens (tertiary/aromatic N) is 3. The first kappa shape index (κ1) is 18.6. The lowest BCUT2D eigenvalue weighted by molar-refractivity contribution is 0.00461. The van der Waals surface area contributed by atoms with E-state index in [0.29, 0.717) is 18.5 Å². The van der Waals surface area contributed by atoms with E-state index in [4.69, 9.17) is 4.74 Å². The molecule has 2 aliphatic heterocycles. The van der Waals surface area contributed by atoms with Crippen molar-refractivity contribution in [3.8, 4) is 0 Å². The van der Waals surface area contributed by atoms with Crippen molar-refractivity contribution in [1.82, 2.24) is 15.1 Å². The molecule has 3 heterocycles. The summed E-state index contributed by atoms with van der Waals surface area (Å²) >= 11 is 0. The van der Waals surface area contributed by atoms with Crippen LogP contribution in [0.5, 0.6) is 0 Å². The summed E-state index contributed by atoms with van der Waals surface area (Å²) in [6.45, 7) is 2.13. The summed E-state index contributed by atoms with van der Waals surface area (Å²) in [5.41, 5.74) is 2.20. The van der Waals surface area contributed by atoms with Crippen molar-refractivity contribution in [2.24, 2.45) is 5.92 Å². The summed E-state index contributed by atoms with van der Waals surface area (Å²) in [5, 5.41) is 8.07. The maximum Gasteiger partial charge on any atom is 0.410 e. The van der Waals surface area contributed by atoms with Crippen LogP contribution in [0.25, 0.3) is 0 Å². The highest BCUT2D eigenvalue weighted by molar-refractivity contribution is 5.96. The average molecular weight is 379 g/mol. The Bertz CT molecular complexity index is 824. The van der Waals surface area contributed by atoms with E-state index in [1.807, 2.05) is 48.2 Å². The quantitative estimate of drug-likeness (QED) is 0.753. The maximum atomic E-state index is 12.9. The van der Waals surface area contributed by atoms with Crippen LogP contribution in [0.1, 0.15) is 53.8 Å². The summed E-state index contributed by atoms with van der Waals surface area (Å²) in [7, 11) is 0. The van der Waals surface area contributed by atoms with Gasteiger partial charge in [-0.3, -0.25) is 4.79 Å². The molecule has 0 aliphatic carbocycles. The third-order valence-electron chi connectivity index (χ3n) is 5.81. The van der Waals surface area contributed by atoms with Crippen LogP contribution in [0.3, 0.4) is 0 Å². The molecule has 0 radical (unpaired) electrons. The van der Waals surface area contributed by atoms with Crippen molar-refractivity contribution in [2.45, 2.75) is 57.7 Å². The predicted octanol–water partition coefficient (Wildman–Crippen LogP) is 3.94. The average Bonchev–Trinajstić information content (AvgIpc) is 2.72. The van der Waals surface area contributed by atoms with Gasteiger partial charge in [0.1, 0.15) is 12.3 Å². The Hall–Kier alpha value is -2.76. The Labute approximate surface area is 164 Å². The number of amides is 1. The number of piperidine rings is 2. The fourth-order valence-corrected chi connectivity index (χ4v) is 4.43. The summed E-state index contributed by atoms with van der Waals surface area (Å²) in [6.07, 6.45) is 4.00. The minimum absolute atomic E-state index is 0.0432. The van der Waals surface area contributed by atoms with Gasteiger partial charge in [-0.05, 0) is 56.7 Å². The van der Waals surface area contributed by atoms with Crippen LogP contribution in [0.2, 0.25) is 0 Å². The zero-order valence-corrected chi connectivity index (χ0v) is 16.1. The van der Waals surface area contributed by atoms with Gasteiger partial charge < -0.3 is 9.64 Å². The largest absolute Gasteiger partial charge is 0.445 e. The molecular formula is C22H25N3O3. The number of ketones is 1. The normalized spacial score (nSPS) is 23.9. The molecule has 2 aromatic rings. The number of aryl methyl sites for hydroxylation is 1. The Kier molecular flexibility index (Phi) is 5.37. The molecule has 2 bridgehead atoms. The van der Waals surface area contributed by atoms with Crippen LogP contribution in [-0.4, -0.2) is 39.1 Å². The van der Waals surface area contributed by atoms with Crippen LogP contribution in [0.15, 0.2) is 42.5 Å². The number of rotatable bonds is 4. The second kappa shape index (κ2) is 8.09. The molecule has 4 rings (SSSR count). The molecule has 6 nitrogen and oxygen atoms in total. The lowest BCUT2D eigenvalue weighted by Crippen LogP contribution is -2.55. The molecule has 146 valence electrons. The van der Waals surface area contributed by atoms with E-state index in [1.165, 1.54) is 0 Å². The smallest absolute Gasteiger partial charge is 0.410 e. The molecule has 0 saturated carbocycles. The summed E-state index contributed by atoms with van der Waals surface area (Å²) in [4.78, 5) is 27.5. The monoisotopic (exact) mass is 379 g/mol. The summed E-state index contributed by atoms with van der Waals surface area (Å²) in [6, 6.07) is 13.4. The van der Waals surface area contributed by atoms with Gasteiger partial charge in [-0.15, -0.1) is 5.10 Å². The summed E-state index contributed by atoms with van der Waals surface area (Å²) < 4.78 is 5.58. The molecule has 0 spiro atoms. The number of carbonyl (C=O) groups excluding carboxylic acids is 2. The van der Waals surface area contributed by atoms with Crippen molar-refractivity contribution >= 4 is 11.9 Å². The van der Waals surface area contributed by atoms with Crippen molar-refractivity contribution in [3.63, 3.8) is 0 Å². The molecule has 2 fully saturated rings. The van der Waals surface area contributed by atoms with Gasteiger partial charge in [0.05, 0.1) is 5.69 Å². The Morgan fingerprint density at radius 3 is 2.39 bits per heavy atom. The molecule has 1 aromatic carbocycles. The van der Waals surface area contributed by atoms with Gasteiger partial charge in [0.15, 0.2) is 5.78 Å². The third-order valence-corrected chi connectivity index (χ3v) is 5.81. The molecule has 2 unspecified atom stereocenters. The molecule has 2 saturated heterocycles. The number of benzene rings is 1. The molecule has 1 amide bonds. The first-order chi connectivity index (χ1) is 13.6. The molecule has 2 atom stereocenters. The fraction of sp³-hybridized carbons (Fsp3) is 0.455. The van der Waals surface area contributed by atoms with Gasteiger partial charge in [-0.25, -0.2) is 4.79 Å². The molecule has 28 heavy (non-hydrogen) atoms. The molecule has 6 heteroatoms. The number of hydrogen-bond donors (Lipinski definition) is 0. The first-order valence-corrected chi connectivity index (χ1v) is 9.95. The zero-order valence-electron chi connectivity index (χ0n) is 16.1. The van der Waals surface area contributed by atoms with Gasteiger partial charge in [0.25, 0.3) is 0 Å². The number of hydrogen-bond acceptors (Lipinski definition) is 5. The van der Waals surface area contributed by atoms with Crippen LogP contribution in [-0.2, 0) is 11.3 Å². The first-order valence-electron chi connectivity index (χ1n) is 9.95. The van der Waals surface area contributed by atoms with Gasteiger partial charge in [-0.2, -0.15) is 5.10 Å². The number of carbonyl (C=O) groups is 2. The highest BCUT2D eigenvalue weighted by Crippen LogP contribution is 2.38. The third kappa shape index (κ3) is 3.91. The number of aromatic nitrogens is 2. The van der Waals surface area contributed by atoms with Crippen molar-refractivity contribution in [2.75, 3.05) is 0 Å². The van der Waals surface area contributed by atoms with E-state index in [-0.39, 0.29) is 36.5 Å². The Balaban J connectivity index is 1.42. The maximum absolute atomic E-state index is 12.9. The highest BCUT2D eigenvalue weighted by Gasteiger charge is 2.44. The highest BCUT2D eigenvalue weighted by atomic mass is 16.6. The van der Waals surface area contributed by atoms with Gasteiger partial charge in [0.2, 0.25) is 0 Å². The zero-order chi connectivity index (χ0) is 19.5. The number of fused-ring (bicyclic) bond motifs is 2. The van der Waals surface area contributed by atoms with E-state index in [2.05, 4.69) is 10.2 Å². The topological polar surface area (TPSA) is 72.4 Å². The van der Waals surface area contributed by atoms with Gasteiger partial charge >= 0.3 is 6.09 Å². The van der Waals surface area contributed by atoms with Crippen LogP contribution in [0, 0.1) is 12.8 Å².